The Kier molecular flexibility index (Phi) is 3.86. The van der Waals surface area contributed by atoms with E-state index >= 15 is 0 Å². The highest BCUT2D eigenvalue weighted by atomic mass is 19.1. The van der Waals surface area contributed by atoms with Gasteiger partial charge in [-0.25, -0.2) is 9.18 Å². The molecule has 1 aromatic carbocycles. The standard InChI is InChI=1S/C15H13FN4O4/c1-3-23-15(22)9-5-20-7(2)6-24-14-11(18-19-17)10(16)4-8(12(14)20)13(9)21/h4-5,7H,3,6H2,1-2H3/t7-/m0/s1. The predicted molar refractivity (Wildman–Crippen MR) is 83.1 cm³/mol. The number of hydrogen-bond acceptors (Lipinski definition) is 5. The fourth-order valence-electron chi connectivity index (χ4n) is 2.70. The summed E-state index contributed by atoms with van der Waals surface area (Å²) in [6.45, 7) is 3.73. The van der Waals surface area contributed by atoms with Crippen molar-refractivity contribution in [2.24, 2.45) is 5.11 Å². The molecular formula is C15H13FN4O4. The molecule has 9 heteroatoms. The minimum absolute atomic E-state index is 0.00610. The van der Waals surface area contributed by atoms with E-state index in [4.69, 9.17) is 15.0 Å². The van der Waals surface area contributed by atoms with Gasteiger partial charge in [-0.15, -0.1) is 0 Å². The summed E-state index contributed by atoms with van der Waals surface area (Å²) in [5, 5.41) is 3.29. The van der Waals surface area contributed by atoms with Gasteiger partial charge in [0.25, 0.3) is 0 Å². The van der Waals surface area contributed by atoms with Gasteiger partial charge in [0.05, 0.1) is 23.6 Å². The summed E-state index contributed by atoms with van der Waals surface area (Å²) in [7, 11) is 0. The van der Waals surface area contributed by atoms with Crippen LogP contribution in [0.4, 0.5) is 10.1 Å². The van der Waals surface area contributed by atoms with Gasteiger partial charge >= 0.3 is 5.97 Å². The first-order valence-electron chi connectivity index (χ1n) is 7.26. The molecule has 0 aliphatic carbocycles. The fraction of sp³-hybridized carbons (Fsp3) is 0.333. The number of nitrogens with zero attached hydrogens (tertiary/aromatic N) is 4. The first-order valence-corrected chi connectivity index (χ1v) is 7.26. The van der Waals surface area contributed by atoms with Gasteiger partial charge in [-0.05, 0) is 25.4 Å². The highest BCUT2D eigenvalue weighted by Gasteiger charge is 2.27. The molecular weight excluding hydrogens is 319 g/mol. The van der Waals surface area contributed by atoms with Crippen LogP contribution in [-0.2, 0) is 4.74 Å². The van der Waals surface area contributed by atoms with E-state index in [0.717, 1.165) is 6.07 Å². The Morgan fingerprint density at radius 3 is 3.04 bits per heavy atom. The van der Waals surface area contributed by atoms with E-state index in [9.17, 15) is 14.0 Å². The zero-order valence-corrected chi connectivity index (χ0v) is 12.9. The molecule has 0 radical (unpaired) electrons. The molecule has 0 saturated carbocycles. The highest BCUT2D eigenvalue weighted by molar-refractivity contribution is 5.97. The summed E-state index contributed by atoms with van der Waals surface area (Å²) in [5.74, 6) is -1.67. The van der Waals surface area contributed by atoms with Crippen molar-refractivity contribution < 1.29 is 18.7 Å². The number of carbonyl (C=O) groups excluding carboxylic acids is 1. The van der Waals surface area contributed by atoms with Gasteiger partial charge < -0.3 is 14.0 Å². The average molecular weight is 332 g/mol. The van der Waals surface area contributed by atoms with E-state index in [1.165, 1.54) is 6.20 Å². The zero-order chi connectivity index (χ0) is 17.4. The number of ether oxygens (including phenoxy) is 2. The molecule has 24 heavy (non-hydrogen) atoms. The van der Waals surface area contributed by atoms with Crippen LogP contribution in [0, 0.1) is 5.82 Å². The maximum Gasteiger partial charge on any atom is 0.343 e. The highest BCUT2D eigenvalue weighted by Crippen LogP contribution is 2.41. The Morgan fingerprint density at radius 1 is 1.62 bits per heavy atom. The third kappa shape index (κ3) is 2.26. The van der Waals surface area contributed by atoms with Crippen LogP contribution in [-0.4, -0.2) is 23.8 Å². The maximum atomic E-state index is 14.3. The number of carbonyl (C=O) groups is 1. The van der Waals surface area contributed by atoms with Crippen molar-refractivity contribution in [3.63, 3.8) is 0 Å². The molecule has 0 fully saturated rings. The lowest BCUT2D eigenvalue weighted by molar-refractivity contribution is 0.0523. The van der Waals surface area contributed by atoms with Crippen LogP contribution in [0.2, 0.25) is 0 Å². The van der Waals surface area contributed by atoms with Gasteiger partial charge in [-0.1, -0.05) is 5.11 Å². The van der Waals surface area contributed by atoms with Crippen molar-refractivity contribution in [1.82, 2.24) is 4.57 Å². The van der Waals surface area contributed by atoms with Crippen LogP contribution in [0.15, 0.2) is 22.2 Å². The second-order valence-corrected chi connectivity index (χ2v) is 5.28. The number of aromatic nitrogens is 1. The predicted octanol–water partition coefficient (Wildman–Crippen LogP) is 3.21. The number of esters is 1. The third-order valence-electron chi connectivity index (χ3n) is 3.78. The minimum Gasteiger partial charge on any atom is -0.489 e. The summed E-state index contributed by atoms with van der Waals surface area (Å²) in [6.07, 6.45) is 1.37. The normalized spacial score (nSPS) is 15.5. The molecule has 0 unspecified atom stereocenters. The number of azide groups is 1. The van der Waals surface area contributed by atoms with E-state index in [1.807, 2.05) is 6.92 Å². The smallest absolute Gasteiger partial charge is 0.343 e. The van der Waals surface area contributed by atoms with E-state index in [2.05, 4.69) is 10.0 Å². The zero-order valence-electron chi connectivity index (χ0n) is 12.9. The topological polar surface area (TPSA) is 106 Å². The number of benzene rings is 1. The van der Waals surface area contributed by atoms with Crippen LogP contribution in [0.3, 0.4) is 0 Å². The maximum absolute atomic E-state index is 14.3. The van der Waals surface area contributed by atoms with Gasteiger partial charge in [-0.3, -0.25) is 4.79 Å². The van der Waals surface area contributed by atoms with Gasteiger partial charge in [-0.2, -0.15) is 0 Å². The van der Waals surface area contributed by atoms with Crippen LogP contribution >= 0.6 is 0 Å². The van der Waals surface area contributed by atoms with E-state index in [0.29, 0.717) is 0 Å². The average Bonchev–Trinajstić information content (AvgIpc) is 2.55. The molecule has 1 atom stereocenters. The molecule has 8 nitrogen and oxygen atoms in total. The molecule has 0 spiro atoms. The molecule has 1 aliphatic heterocycles. The molecule has 1 aromatic heterocycles. The van der Waals surface area contributed by atoms with Gasteiger partial charge in [0.2, 0.25) is 5.43 Å². The van der Waals surface area contributed by atoms with Crippen molar-refractivity contribution in [3.05, 3.63) is 44.3 Å². The van der Waals surface area contributed by atoms with Crippen molar-refractivity contribution in [2.75, 3.05) is 13.2 Å². The second-order valence-electron chi connectivity index (χ2n) is 5.28. The van der Waals surface area contributed by atoms with Gasteiger partial charge in [0.15, 0.2) is 5.75 Å². The number of hydrogen-bond donors (Lipinski definition) is 0. The summed E-state index contributed by atoms with van der Waals surface area (Å²) in [4.78, 5) is 27.2. The molecule has 124 valence electrons. The first-order chi connectivity index (χ1) is 11.5. The number of rotatable bonds is 3. The lowest BCUT2D eigenvalue weighted by Gasteiger charge is -2.27. The largest absolute Gasteiger partial charge is 0.489 e. The lowest BCUT2D eigenvalue weighted by atomic mass is 10.1. The molecule has 3 rings (SSSR count). The molecule has 2 aromatic rings. The Morgan fingerprint density at radius 2 is 2.38 bits per heavy atom. The van der Waals surface area contributed by atoms with Crippen molar-refractivity contribution in [2.45, 2.75) is 19.9 Å². The Balaban J connectivity index is 2.44. The molecule has 0 amide bonds. The Bertz CT molecular complexity index is 962. The third-order valence-corrected chi connectivity index (χ3v) is 3.78. The molecule has 2 heterocycles. The second kappa shape index (κ2) is 5.86. The van der Waals surface area contributed by atoms with Gasteiger partial charge in [0, 0.05) is 11.1 Å². The number of halogens is 1. The Labute approximate surface area is 135 Å². The van der Waals surface area contributed by atoms with E-state index in [-0.39, 0.29) is 47.2 Å². The van der Waals surface area contributed by atoms with E-state index in [1.54, 1.807) is 11.5 Å². The summed E-state index contributed by atoms with van der Waals surface area (Å²) in [6, 6.07) is 0.740. The van der Waals surface area contributed by atoms with E-state index < -0.39 is 17.2 Å². The van der Waals surface area contributed by atoms with Crippen LogP contribution < -0.4 is 10.2 Å². The minimum atomic E-state index is -0.894. The van der Waals surface area contributed by atoms with Crippen LogP contribution in [0.5, 0.6) is 5.75 Å². The molecule has 0 saturated heterocycles. The lowest BCUT2D eigenvalue weighted by Crippen LogP contribution is -2.27. The van der Waals surface area contributed by atoms with Crippen molar-refractivity contribution in [3.8, 4) is 5.75 Å². The SMILES string of the molecule is CCOC(=O)c1cn2c3c(c(N=[N+]=[N-])c(F)cc3c1=O)OC[C@@H]2C. The van der Waals surface area contributed by atoms with Crippen molar-refractivity contribution >= 4 is 22.6 Å². The first kappa shape index (κ1) is 15.8. The quantitative estimate of drug-likeness (QED) is 0.372. The molecule has 1 aliphatic rings. The van der Waals surface area contributed by atoms with Crippen LogP contribution in [0.1, 0.15) is 30.2 Å². The fourth-order valence-corrected chi connectivity index (χ4v) is 2.70. The van der Waals surface area contributed by atoms with Crippen molar-refractivity contribution in [1.29, 1.82) is 0 Å². The summed E-state index contributed by atoms with van der Waals surface area (Å²) < 4.78 is 26.3. The summed E-state index contributed by atoms with van der Waals surface area (Å²) in [5.41, 5.74) is 7.75. The summed E-state index contributed by atoms with van der Waals surface area (Å²) >= 11 is 0. The molecule has 0 bridgehead atoms. The monoisotopic (exact) mass is 332 g/mol. The molecule has 0 N–H and O–H groups in total. The Hall–Kier alpha value is -3.06. The van der Waals surface area contributed by atoms with Crippen LogP contribution in [0.25, 0.3) is 21.3 Å². The van der Waals surface area contributed by atoms with Gasteiger partial charge in [0.1, 0.15) is 23.7 Å². The number of pyridine rings is 1.